The predicted octanol–water partition coefficient (Wildman–Crippen LogP) is 2.96. The third-order valence-corrected chi connectivity index (χ3v) is 2.24. The lowest BCUT2D eigenvalue weighted by molar-refractivity contribution is 0.457. The van der Waals surface area contributed by atoms with Gasteiger partial charge in [0.25, 0.3) is 0 Å². The maximum Gasteiger partial charge on any atom is 0.165 e. The van der Waals surface area contributed by atoms with Gasteiger partial charge >= 0.3 is 0 Å². The second-order valence-corrected chi connectivity index (χ2v) is 3.56. The van der Waals surface area contributed by atoms with Crippen LogP contribution in [0.25, 0.3) is 0 Å². The van der Waals surface area contributed by atoms with Crippen molar-refractivity contribution in [2.75, 3.05) is 6.54 Å². The monoisotopic (exact) mass is 217 g/mol. The molecule has 3 nitrogen and oxygen atoms in total. The Morgan fingerprint density at radius 3 is 2.69 bits per heavy atom. The van der Waals surface area contributed by atoms with Gasteiger partial charge in [-0.3, -0.25) is 0 Å². The number of hydrogen-bond acceptors (Lipinski definition) is 3. The van der Waals surface area contributed by atoms with E-state index in [4.69, 9.17) is 14.9 Å². The van der Waals surface area contributed by atoms with E-state index in [1.807, 2.05) is 36.4 Å². The molecule has 0 amide bonds. The molecule has 0 radical (unpaired) electrons. The van der Waals surface area contributed by atoms with Gasteiger partial charge in [-0.1, -0.05) is 18.2 Å². The van der Waals surface area contributed by atoms with Gasteiger partial charge in [-0.05, 0) is 25.1 Å². The van der Waals surface area contributed by atoms with E-state index in [1.165, 1.54) is 0 Å². The summed E-state index contributed by atoms with van der Waals surface area (Å²) in [5.74, 6) is 2.46. The molecule has 0 fully saturated rings. The summed E-state index contributed by atoms with van der Waals surface area (Å²) >= 11 is 0. The van der Waals surface area contributed by atoms with Crippen molar-refractivity contribution in [3.05, 3.63) is 48.4 Å². The molecule has 1 aromatic heterocycles. The summed E-state index contributed by atoms with van der Waals surface area (Å²) in [5.41, 5.74) is 5.43. The quantitative estimate of drug-likeness (QED) is 0.837. The summed E-state index contributed by atoms with van der Waals surface area (Å²) in [5, 5.41) is 0. The number of hydrogen-bond donors (Lipinski definition) is 1. The number of nitrogens with two attached hydrogens (primary N) is 1. The molecule has 0 bridgehead atoms. The SMILES string of the molecule is NCCCc1cc(Oc2ccccc2)co1. The molecule has 3 heteroatoms. The summed E-state index contributed by atoms with van der Waals surface area (Å²) in [7, 11) is 0. The molecule has 16 heavy (non-hydrogen) atoms. The van der Waals surface area contributed by atoms with Crippen molar-refractivity contribution in [3.63, 3.8) is 0 Å². The maximum absolute atomic E-state index is 5.61. The minimum absolute atomic E-state index is 0.676. The molecule has 1 aromatic carbocycles. The van der Waals surface area contributed by atoms with Gasteiger partial charge in [0.15, 0.2) is 5.75 Å². The van der Waals surface area contributed by atoms with E-state index in [1.54, 1.807) is 6.26 Å². The lowest BCUT2D eigenvalue weighted by Crippen LogP contribution is -1.99. The molecule has 0 aliphatic heterocycles. The first-order chi connectivity index (χ1) is 7.88. The lowest BCUT2D eigenvalue weighted by Gasteiger charge is -2.00. The summed E-state index contributed by atoms with van der Waals surface area (Å²) in [4.78, 5) is 0. The van der Waals surface area contributed by atoms with Gasteiger partial charge in [-0.15, -0.1) is 0 Å². The van der Waals surface area contributed by atoms with Crippen LogP contribution in [0.2, 0.25) is 0 Å². The Kier molecular flexibility index (Phi) is 3.62. The van der Waals surface area contributed by atoms with Crippen molar-refractivity contribution in [1.82, 2.24) is 0 Å². The third-order valence-electron chi connectivity index (χ3n) is 2.24. The van der Waals surface area contributed by atoms with Gasteiger partial charge in [-0.25, -0.2) is 0 Å². The Labute approximate surface area is 94.8 Å². The van der Waals surface area contributed by atoms with E-state index in [-0.39, 0.29) is 0 Å². The highest BCUT2D eigenvalue weighted by molar-refractivity contribution is 5.29. The molecule has 2 N–H and O–H groups in total. The topological polar surface area (TPSA) is 48.4 Å². The van der Waals surface area contributed by atoms with Crippen molar-refractivity contribution < 1.29 is 9.15 Å². The van der Waals surface area contributed by atoms with Gasteiger partial charge < -0.3 is 14.9 Å². The van der Waals surface area contributed by atoms with Crippen LogP contribution in [-0.4, -0.2) is 6.54 Å². The van der Waals surface area contributed by atoms with Gasteiger partial charge in [-0.2, -0.15) is 0 Å². The Balaban J connectivity index is 1.97. The highest BCUT2D eigenvalue weighted by atomic mass is 16.5. The van der Waals surface area contributed by atoms with Crippen LogP contribution in [0.5, 0.6) is 11.5 Å². The highest BCUT2D eigenvalue weighted by Gasteiger charge is 2.03. The van der Waals surface area contributed by atoms with Gasteiger partial charge in [0.1, 0.15) is 17.8 Å². The average Bonchev–Trinajstić information content (AvgIpc) is 2.75. The van der Waals surface area contributed by atoms with E-state index >= 15 is 0 Å². The van der Waals surface area contributed by atoms with E-state index in [9.17, 15) is 0 Å². The number of ether oxygens (including phenoxy) is 1. The molecule has 2 aromatic rings. The third kappa shape index (κ3) is 2.87. The minimum atomic E-state index is 0.676. The van der Waals surface area contributed by atoms with E-state index in [0.29, 0.717) is 6.54 Å². The molecule has 1 heterocycles. The number of rotatable bonds is 5. The molecular weight excluding hydrogens is 202 g/mol. The summed E-state index contributed by atoms with van der Waals surface area (Å²) in [6.07, 6.45) is 3.41. The van der Waals surface area contributed by atoms with Crippen LogP contribution in [0, 0.1) is 0 Å². The zero-order chi connectivity index (χ0) is 11.2. The Morgan fingerprint density at radius 2 is 1.94 bits per heavy atom. The average molecular weight is 217 g/mol. The Bertz CT molecular complexity index is 423. The molecule has 84 valence electrons. The second kappa shape index (κ2) is 5.37. The van der Waals surface area contributed by atoms with Crippen molar-refractivity contribution in [2.45, 2.75) is 12.8 Å². The number of benzene rings is 1. The van der Waals surface area contributed by atoms with Crippen LogP contribution in [0.15, 0.2) is 47.1 Å². The first-order valence-corrected chi connectivity index (χ1v) is 5.39. The summed E-state index contributed by atoms with van der Waals surface area (Å²) in [6, 6.07) is 11.5. The van der Waals surface area contributed by atoms with Crippen LogP contribution in [0.4, 0.5) is 0 Å². The van der Waals surface area contributed by atoms with E-state index in [2.05, 4.69) is 0 Å². The first kappa shape index (κ1) is 10.8. The zero-order valence-corrected chi connectivity index (χ0v) is 9.06. The molecule has 0 aliphatic rings. The predicted molar refractivity (Wildman–Crippen MR) is 62.6 cm³/mol. The van der Waals surface area contributed by atoms with Crippen molar-refractivity contribution in [3.8, 4) is 11.5 Å². The van der Waals surface area contributed by atoms with Crippen LogP contribution < -0.4 is 10.5 Å². The summed E-state index contributed by atoms with van der Waals surface area (Å²) < 4.78 is 11.0. The van der Waals surface area contributed by atoms with E-state index < -0.39 is 0 Å². The number of para-hydroxylation sites is 1. The van der Waals surface area contributed by atoms with Crippen LogP contribution in [-0.2, 0) is 6.42 Å². The summed E-state index contributed by atoms with van der Waals surface area (Å²) in [6.45, 7) is 0.676. The molecule has 0 aliphatic carbocycles. The largest absolute Gasteiger partial charge is 0.465 e. The maximum atomic E-state index is 5.61. The van der Waals surface area contributed by atoms with Gasteiger partial charge in [0.05, 0.1) is 0 Å². The minimum Gasteiger partial charge on any atom is -0.465 e. The molecule has 0 atom stereocenters. The van der Waals surface area contributed by atoms with Crippen molar-refractivity contribution in [1.29, 1.82) is 0 Å². The van der Waals surface area contributed by atoms with Crippen LogP contribution in [0.3, 0.4) is 0 Å². The Hall–Kier alpha value is -1.74. The Morgan fingerprint density at radius 1 is 1.12 bits per heavy atom. The number of furan rings is 1. The van der Waals surface area contributed by atoms with Crippen molar-refractivity contribution in [2.24, 2.45) is 5.73 Å². The molecule has 0 unspecified atom stereocenters. The molecular formula is C13H15NO2. The normalized spacial score (nSPS) is 10.3. The molecule has 0 saturated heterocycles. The van der Waals surface area contributed by atoms with Crippen molar-refractivity contribution >= 4 is 0 Å². The first-order valence-electron chi connectivity index (χ1n) is 5.39. The standard InChI is InChI=1S/C13H15NO2/c14-8-4-7-12-9-13(10-15-12)16-11-5-2-1-3-6-11/h1-3,5-6,9-10H,4,7-8,14H2. The zero-order valence-electron chi connectivity index (χ0n) is 9.06. The molecule has 2 rings (SSSR count). The lowest BCUT2D eigenvalue weighted by atomic mass is 10.2. The fourth-order valence-electron chi connectivity index (χ4n) is 1.45. The fraction of sp³-hybridized carbons (Fsp3) is 0.231. The van der Waals surface area contributed by atoms with Gasteiger partial charge in [0.2, 0.25) is 0 Å². The smallest absolute Gasteiger partial charge is 0.165 e. The van der Waals surface area contributed by atoms with Gasteiger partial charge in [0, 0.05) is 12.5 Å². The van der Waals surface area contributed by atoms with Crippen LogP contribution in [0.1, 0.15) is 12.2 Å². The fourth-order valence-corrected chi connectivity index (χ4v) is 1.45. The molecule has 0 spiro atoms. The van der Waals surface area contributed by atoms with Crippen LogP contribution >= 0.6 is 0 Å². The number of aryl methyl sites for hydroxylation is 1. The second-order valence-electron chi connectivity index (χ2n) is 3.56. The molecule has 0 saturated carbocycles. The highest BCUT2D eigenvalue weighted by Crippen LogP contribution is 2.23. The van der Waals surface area contributed by atoms with E-state index in [0.717, 1.165) is 30.1 Å².